The van der Waals surface area contributed by atoms with Crippen molar-refractivity contribution in [2.45, 2.75) is 63.5 Å². The molecule has 2 unspecified atom stereocenters. The highest BCUT2D eigenvalue weighted by molar-refractivity contribution is 4.93. The summed E-state index contributed by atoms with van der Waals surface area (Å²) < 4.78 is 0. The van der Waals surface area contributed by atoms with E-state index in [4.69, 9.17) is 5.73 Å². The van der Waals surface area contributed by atoms with E-state index in [1.54, 1.807) is 0 Å². The van der Waals surface area contributed by atoms with Gasteiger partial charge >= 0.3 is 0 Å². The Morgan fingerprint density at radius 3 is 2.64 bits per heavy atom. The monoisotopic (exact) mass is 196 g/mol. The average molecular weight is 196 g/mol. The van der Waals surface area contributed by atoms with Gasteiger partial charge in [-0.15, -0.1) is 0 Å². The van der Waals surface area contributed by atoms with Gasteiger partial charge in [-0.1, -0.05) is 6.92 Å². The predicted molar refractivity (Wildman–Crippen MR) is 60.2 cm³/mol. The van der Waals surface area contributed by atoms with Crippen LogP contribution >= 0.6 is 0 Å². The summed E-state index contributed by atoms with van der Waals surface area (Å²) in [6, 6.07) is 0.786. The van der Waals surface area contributed by atoms with Crippen LogP contribution in [0.3, 0.4) is 0 Å². The minimum Gasteiger partial charge on any atom is -0.325 e. The molecule has 2 nitrogen and oxygen atoms in total. The number of hydrogen-bond acceptors (Lipinski definition) is 2. The van der Waals surface area contributed by atoms with Crippen LogP contribution in [0.1, 0.15) is 51.9 Å². The van der Waals surface area contributed by atoms with Gasteiger partial charge in [0.2, 0.25) is 0 Å². The van der Waals surface area contributed by atoms with Crippen molar-refractivity contribution in [3.8, 4) is 0 Å². The van der Waals surface area contributed by atoms with E-state index in [0.717, 1.165) is 18.5 Å². The maximum absolute atomic E-state index is 6.17. The quantitative estimate of drug-likeness (QED) is 0.722. The Hall–Kier alpha value is -0.0800. The van der Waals surface area contributed by atoms with Crippen molar-refractivity contribution in [3.05, 3.63) is 0 Å². The average Bonchev–Trinajstić information content (AvgIpc) is 2.49. The number of rotatable bonds is 4. The molecule has 2 atom stereocenters. The van der Waals surface area contributed by atoms with Gasteiger partial charge in [-0.2, -0.15) is 0 Å². The van der Waals surface area contributed by atoms with Crippen molar-refractivity contribution in [1.29, 1.82) is 0 Å². The maximum Gasteiger partial charge on any atom is 0.0166 e. The molecule has 0 radical (unpaired) electrons. The topological polar surface area (TPSA) is 38.0 Å². The van der Waals surface area contributed by atoms with E-state index in [-0.39, 0.29) is 5.54 Å². The van der Waals surface area contributed by atoms with Crippen LogP contribution in [0.15, 0.2) is 0 Å². The Morgan fingerprint density at radius 2 is 2.14 bits per heavy atom. The van der Waals surface area contributed by atoms with E-state index < -0.39 is 0 Å². The summed E-state index contributed by atoms with van der Waals surface area (Å²) in [5.41, 5.74) is 6.38. The second-order valence-electron chi connectivity index (χ2n) is 5.54. The molecular weight excluding hydrogens is 172 g/mol. The van der Waals surface area contributed by atoms with Gasteiger partial charge in [0, 0.05) is 11.6 Å². The van der Waals surface area contributed by atoms with E-state index in [0.29, 0.717) is 0 Å². The summed E-state index contributed by atoms with van der Waals surface area (Å²) >= 11 is 0. The highest BCUT2D eigenvalue weighted by Gasteiger charge is 2.32. The van der Waals surface area contributed by atoms with Crippen LogP contribution in [0.2, 0.25) is 0 Å². The highest BCUT2D eigenvalue weighted by Crippen LogP contribution is 2.32. The fraction of sp³-hybridized carbons (Fsp3) is 1.00. The number of nitrogens with two attached hydrogens (primary N) is 1. The van der Waals surface area contributed by atoms with Gasteiger partial charge in [0.25, 0.3) is 0 Å². The molecule has 0 aromatic heterocycles. The third-order valence-corrected chi connectivity index (χ3v) is 4.10. The zero-order chi connectivity index (χ0) is 10.0. The van der Waals surface area contributed by atoms with Gasteiger partial charge in [0.1, 0.15) is 0 Å². The lowest BCUT2D eigenvalue weighted by molar-refractivity contribution is 0.226. The first-order valence-electron chi connectivity index (χ1n) is 6.20. The Kier molecular flexibility index (Phi) is 3.13. The normalized spacial score (nSPS) is 35.6. The highest BCUT2D eigenvalue weighted by atomic mass is 14.9. The molecule has 0 aliphatic heterocycles. The molecule has 2 aliphatic carbocycles. The van der Waals surface area contributed by atoms with Crippen LogP contribution in [0.25, 0.3) is 0 Å². The largest absolute Gasteiger partial charge is 0.325 e. The van der Waals surface area contributed by atoms with Gasteiger partial charge in [-0.25, -0.2) is 0 Å². The first-order valence-corrected chi connectivity index (χ1v) is 6.20. The first-order chi connectivity index (χ1) is 6.68. The number of nitrogens with one attached hydrogen (secondary N) is 1. The standard InChI is InChI=1S/C12H24N2/c1-10-3-4-11(9-10)14-8-7-12(13)5-2-6-12/h10-11,14H,2-9,13H2,1H3. The van der Waals surface area contributed by atoms with Crippen molar-refractivity contribution >= 4 is 0 Å². The van der Waals surface area contributed by atoms with E-state index in [2.05, 4.69) is 12.2 Å². The molecule has 0 aromatic carbocycles. The molecule has 2 heteroatoms. The molecule has 0 heterocycles. The molecular formula is C12H24N2. The third-order valence-electron chi connectivity index (χ3n) is 4.10. The minimum absolute atomic E-state index is 0.206. The van der Waals surface area contributed by atoms with Gasteiger partial charge in [-0.3, -0.25) is 0 Å². The molecule has 0 spiro atoms. The molecule has 0 aromatic rings. The Bertz CT molecular complexity index is 187. The van der Waals surface area contributed by atoms with Crippen LogP contribution in [0.4, 0.5) is 0 Å². The molecule has 2 aliphatic rings. The van der Waals surface area contributed by atoms with Crippen LogP contribution in [-0.2, 0) is 0 Å². The molecule has 82 valence electrons. The summed E-state index contributed by atoms with van der Waals surface area (Å²) in [7, 11) is 0. The van der Waals surface area contributed by atoms with Crippen molar-refractivity contribution in [3.63, 3.8) is 0 Å². The Morgan fingerprint density at radius 1 is 1.36 bits per heavy atom. The first kappa shape index (κ1) is 10.4. The maximum atomic E-state index is 6.17. The smallest absolute Gasteiger partial charge is 0.0166 e. The summed E-state index contributed by atoms with van der Waals surface area (Å²) in [5.74, 6) is 0.933. The van der Waals surface area contributed by atoms with Gasteiger partial charge in [0.15, 0.2) is 0 Å². The lowest BCUT2D eigenvalue weighted by atomic mass is 9.75. The molecule has 0 amide bonds. The van der Waals surface area contributed by atoms with Crippen LogP contribution < -0.4 is 11.1 Å². The second kappa shape index (κ2) is 4.19. The summed E-state index contributed by atoms with van der Waals surface area (Å²) in [6.45, 7) is 3.49. The molecule has 0 bridgehead atoms. The molecule has 14 heavy (non-hydrogen) atoms. The lowest BCUT2D eigenvalue weighted by Crippen LogP contribution is -2.48. The summed E-state index contributed by atoms with van der Waals surface area (Å²) in [4.78, 5) is 0. The molecule has 3 N–H and O–H groups in total. The molecule has 2 rings (SSSR count). The van der Waals surface area contributed by atoms with Crippen molar-refractivity contribution < 1.29 is 0 Å². The van der Waals surface area contributed by atoms with E-state index in [1.807, 2.05) is 0 Å². The summed E-state index contributed by atoms with van der Waals surface area (Å²) in [5, 5.41) is 3.66. The van der Waals surface area contributed by atoms with Gasteiger partial charge < -0.3 is 11.1 Å². The summed E-state index contributed by atoms with van der Waals surface area (Å²) in [6.07, 6.45) is 9.17. The molecule has 2 saturated carbocycles. The minimum atomic E-state index is 0.206. The van der Waals surface area contributed by atoms with Crippen LogP contribution in [-0.4, -0.2) is 18.1 Å². The zero-order valence-electron chi connectivity index (χ0n) is 9.39. The zero-order valence-corrected chi connectivity index (χ0v) is 9.39. The second-order valence-corrected chi connectivity index (χ2v) is 5.54. The molecule has 0 saturated heterocycles. The van der Waals surface area contributed by atoms with E-state index in [1.165, 1.54) is 44.9 Å². The lowest BCUT2D eigenvalue weighted by Gasteiger charge is -2.38. The number of hydrogen-bond donors (Lipinski definition) is 2. The van der Waals surface area contributed by atoms with Crippen molar-refractivity contribution in [1.82, 2.24) is 5.32 Å². The van der Waals surface area contributed by atoms with Crippen LogP contribution in [0, 0.1) is 5.92 Å². The fourth-order valence-corrected chi connectivity index (χ4v) is 2.80. The fourth-order valence-electron chi connectivity index (χ4n) is 2.80. The Labute approximate surface area is 87.6 Å². The van der Waals surface area contributed by atoms with Crippen molar-refractivity contribution in [2.75, 3.05) is 6.54 Å². The van der Waals surface area contributed by atoms with E-state index in [9.17, 15) is 0 Å². The van der Waals surface area contributed by atoms with Gasteiger partial charge in [-0.05, 0) is 57.4 Å². The van der Waals surface area contributed by atoms with Gasteiger partial charge in [0.05, 0.1) is 0 Å². The van der Waals surface area contributed by atoms with E-state index >= 15 is 0 Å². The Balaban J connectivity index is 1.58. The molecule has 2 fully saturated rings. The van der Waals surface area contributed by atoms with Crippen molar-refractivity contribution in [2.24, 2.45) is 11.7 Å². The van der Waals surface area contributed by atoms with Crippen LogP contribution in [0.5, 0.6) is 0 Å². The SMILES string of the molecule is CC1CCC(NCCC2(N)CCC2)C1. The third kappa shape index (κ3) is 2.48. The predicted octanol–water partition coefficient (Wildman–Crippen LogP) is 2.04.